The summed E-state index contributed by atoms with van der Waals surface area (Å²) < 4.78 is 6.07. The second kappa shape index (κ2) is 9.28. The quantitative estimate of drug-likeness (QED) is 0.177. The van der Waals surface area contributed by atoms with E-state index in [1.54, 1.807) is 12.1 Å². The second-order valence-electron chi connectivity index (χ2n) is 8.63. The molecule has 3 atom stereocenters. The van der Waals surface area contributed by atoms with Crippen LogP contribution in [-0.2, 0) is 6.42 Å². The van der Waals surface area contributed by atoms with E-state index >= 15 is 0 Å². The van der Waals surface area contributed by atoms with E-state index in [1.807, 2.05) is 18.2 Å². The van der Waals surface area contributed by atoms with Gasteiger partial charge in [0.15, 0.2) is 0 Å². The van der Waals surface area contributed by atoms with Gasteiger partial charge >= 0.3 is 0 Å². The lowest BCUT2D eigenvalue weighted by Gasteiger charge is -2.38. The Labute approximate surface area is 198 Å². The van der Waals surface area contributed by atoms with Crippen LogP contribution in [0, 0.1) is 16.0 Å². The molecular formula is C27H25ClN2O3. The van der Waals surface area contributed by atoms with Gasteiger partial charge in [-0.2, -0.15) is 0 Å². The van der Waals surface area contributed by atoms with Gasteiger partial charge in [-0.25, -0.2) is 0 Å². The number of halogens is 1. The van der Waals surface area contributed by atoms with Crippen molar-refractivity contribution in [3.05, 3.63) is 111 Å². The first-order chi connectivity index (χ1) is 16.1. The number of rotatable bonds is 7. The van der Waals surface area contributed by atoms with E-state index < -0.39 is 0 Å². The largest absolute Gasteiger partial charge is 0.494 e. The predicted molar refractivity (Wildman–Crippen MR) is 131 cm³/mol. The van der Waals surface area contributed by atoms with Crippen LogP contribution in [0.25, 0.3) is 0 Å². The van der Waals surface area contributed by atoms with Crippen LogP contribution in [-0.4, -0.2) is 11.5 Å². The number of allylic oxidation sites excluding steroid dienone is 2. The number of hydrogen-bond acceptors (Lipinski definition) is 4. The molecule has 1 N–H and O–H groups in total. The number of hydrogen-bond donors (Lipinski definition) is 1. The van der Waals surface area contributed by atoms with Crippen LogP contribution in [0.4, 0.5) is 11.4 Å². The number of nitro benzene ring substituents is 1. The van der Waals surface area contributed by atoms with Crippen molar-refractivity contribution in [3.63, 3.8) is 0 Å². The molecule has 0 spiro atoms. The summed E-state index contributed by atoms with van der Waals surface area (Å²) in [5, 5.41) is 15.5. The van der Waals surface area contributed by atoms with Gasteiger partial charge < -0.3 is 10.1 Å². The zero-order chi connectivity index (χ0) is 22.8. The second-order valence-corrected chi connectivity index (χ2v) is 9.03. The van der Waals surface area contributed by atoms with Gasteiger partial charge in [0.2, 0.25) is 0 Å². The zero-order valence-corrected chi connectivity index (χ0v) is 18.9. The molecule has 33 heavy (non-hydrogen) atoms. The molecule has 0 aromatic heterocycles. The molecule has 0 saturated carbocycles. The molecule has 0 saturated heterocycles. The Balaban J connectivity index is 1.33. The maximum absolute atomic E-state index is 11.3. The Morgan fingerprint density at radius 2 is 1.91 bits per heavy atom. The predicted octanol–water partition coefficient (Wildman–Crippen LogP) is 7.09. The summed E-state index contributed by atoms with van der Waals surface area (Å²) in [6.45, 7) is 0.664. The van der Waals surface area contributed by atoms with E-state index in [-0.39, 0.29) is 28.5 Å². The number of ether oxygens (including phenoxy) is 1. The number of nitro groups is 1. The van der Waals surface area contributed by atoms with E-state index in [4.69, 9.17) is 16.3 Å². The average molecular weight is 461 g/mol. The normalized spacial score (nSPS) is 20.6. The molecule has 168 valence electrons. The molecular weight excluding hydrogens is 436 g/mol. The number of benzene rings is 3. The summed E-state index contributed by atoms with van der Waals surface area (Å²) in [7, 11) is 0. The molecule has 2 aliphatic rings. The van der Waals surface area contributed by atoms with Crippen LogP contribution in [0.5, 0.6) is 5.75 Å². The molecule has 3 unspecified atom stereocenters. The maximum atomic E-state index is 11.3. The molecule has 1 aliphatic carbocycles. The highest BCUT2D eigenvalue weighted by molar-refractivity contribution is 6.31. The van der Waals surface area contributed by atoms with Crippen LogP contribution in [0.15, 0.2) is 78.9 Å². The van der Waals surface area contributed by atoms with Crippen LogP contribution < -0.4 is 10.1 Å². The molecule has 1 aliphatic heterocycles. The highest BCUT2D eigenvalue weighted by atomic mass is 35.5. The van der Waals surface area contributed by atoms with E-state index in [2.05, 4.69) is 47.8 Å². The summed E-state index contributed by atoms with van der Waals surface area (Å²) in [5.41, 5.74) is 4.37. The van der Waals surface area contributed by atoms with Gasteiger partial charge in [0.25, 0.3) is 5.69 Å². The molecule has 6 heteroatoms. The summed E-state index contributed by atoms with van der Waals surface area (Å²) >= 11 is 6.49. The first-order valence-electron chi connectivity index (χ1n) is 11.3. The minimum Gasteiger partial charge on any atom is -0.494 e. The van der Waals surface area contributed by atoms with Crippen molar-refractivity contribution in [2.45, 2.75) is 31.2 Å². The summed E-state index contributed by atoms with van der Waals surface area (Å²) in [4.78, 5) is 10.9. The van der Waals surface area contributed by atoms with E-state index in [1.165, 1.54) is 17.2 Å². The summed E-state index contributed by atoms with van der Waals surface area (Å²) in [6, 6.07) is 21.2. The fraction of sp³-hybridized carbons (Fsp3) is 0.259. The van der Waals surface area contributed by atoms with Gasteiger partial charge in [0, 0.05) is 34.3 Å². The van der Waals surface area contributed by atoms with Crippen molar-refractivity contribution in [1.29, 1.82) is 0 Å². The standard InChI is InChI=1S/C27H25ClN2O3/c28-25-13-11-19(30(31)32)16-24(25)27-22-10-4-9-21(22)23-17-20(12-14-26(23)29-27)33-15-5-8-18-6-2-1-3-7-18/h1-4,6-7,9,11-14,16-17,21-22,27,29H,5,8,10,15H2. The highest BCUT2D eigenvalue weighted by Crippen LogP contribution is 2.51. The first-order valence-corrected chi connectivity index (χ1v) is 11.7. The molecule has 3 aromatic carbocycles. The fourth-order valence-electron chi connectivity index (χ4n) is 4.96. The van der Waals surface area contributed by atoms with Gasteiger partial charge in [-0.15, -0.1) is 0 Å². The van der Waals surface area contributed by atoms with E-state index in [9.17, 15) is 10.1 Å². The van der Waals surface area contributed by atoms with Gasteiger partial charge in [-0.05, 0) is 60.6 Å². The Morgan fingerprint density at radius 3 is 2.73 bits per heavy atom. The molecule has 0 radical (unpaired) electrons. The molecule has 5 rings (SSSR count). The lowest BCUT2D eigenvalue weighted by Crippen LogP contribution is -2.29. The number of fused-ring (bicyclic) bond motifs is 3. The third-order valence-corrected chi connectivity index (χ3v) is 6.93. The lowest BCUT2D eigenvalue weighted by atomic mass is 9.77. The summed E-state index contributed by atoms with van der Waals surface area (Å²) in [6.07, 6.45) is 7.27. The SMILES string of the molecule is O=[N+]([O-])c1ccc(Cl)c(C2Nc3ccc(OCCCc4ccccc4)cc3C3C=CCC32)c1. The van der Waals surface area contributed by atoms with Crippen molar-refractivity contribution in [3.8, 4) is 5.75 Å². The monoisotopic (exact) mass is 460 g/mol. The third kappa shape index (κ3) is 4.46. The molecule has 0 bridgehead atoms. The van der Waals surface area contributed by atoms with Crippen LogP contribution in [0.2, 0.25) is 5.02 Å². The maximum Gasteiger partial charge on any atom is 0.269 e. The number of aryl methyl sites for hydroxylation is 1. The molecule has 1 heterocycles. The highest BCUT2D eigenvalue weighted by Gasteiger charge is 2.39. The van der Waals surface area contributed by atoms with Crippen LogP contribution in [0.3, 0.4) is 0 Å². The van der Waals surface area contributed by atoms with Crippen molar-refractivity contribution in [2.75, 3.05) is 11.9 Å². The zero-order valence-electron chi connectivity index (χ0n) is 18.1. The van der Waals surface area contributed by atoms with Gasteiger partial charge in [-0.1, -0.05) is 54.1 Å². The minimum atomic E-state index is -0.373. The Kier molecular flexibility index (Phi) is 6.05. The Bertz CT molecular complexity index is 1200. The molecule has 0 fully saturated rings. The number of anilines is 1. The Morgan fingerprint density at radius 1 is 1.06 bits per heavy atom. The Hall–Kier alpha value is -3.31. The van der Waals surface area contributed by atoms with Gasteiger partial charge in [-0.3, -0.25) is 10.1 Å². The van der Waals surface area contributed by atoms with Crippen LogP contribution in [0.1, 0.15) is 41.5 Å². The van der Waals surface area contributed by atoms with E-state index in [0.29, 0.717) is 11.6 Å². The molecule has 0 amide bonds. The van der Waals surface area contributed by atoms with Crippen molar-refractivity contribution in [2.24, 2.45) is 5.92 Å². The molecule has 3 aromatic rings. The van der Waals surface area contributed by atoms with Crippen molar-refractivity contribution >= 4 is 23.0 Å². The third-order valence-electron chi connectivity index (χ3n) is 6.58. The van der Waals surface area contributed by atoms with Crippen LogP contribution >= 0.6 is 11.6 Å². The van der Waals surface area contributed by atoms with E-state index in [0.717, 1.165) is 36.3 Å². The fourth-order valence-corrected chi connectivity index (χ4v) is 5.20. The minimum absolute atomic E-state index is 0.0590. The van der Waals surface area contributed by atoms with Gasteiger partial charge in [0.05, 0.1) is 17.6 Å². The van der Waals surface area contributed by atoms with Crippen molar-refractivity contribution < 1.29 is 9.66 Å². The topological polar surface area (TPSA) is 64.4 Å². The number of nitrogens with zero attached hydrogens (tertiary/aromatic N) is 1. The number of nitrogens with one attached hydrogen (secondary N) is 1. The van der Waals surface area contributed by atoms with Gasteiger partial charge in [0.1, 0.15) is 5.75 Å². The molecule has 5 nitrogen and oxygen atoms in total. The first kappa shape index (κ1) is 21.5. The lowest BCUT2D eigenvalue weighted by molar-refractivity contribution is -0.384. The summed E-state index contributed by atoms with van der Waals surface area (Å²) in [5.74, 6) is 1.33. The number of non-ortho nitro benzene ring substituents is 1. The smallest absolute Gasteiger partial charge is 0.269 e. The average Bonchev–Trinajstić information content (AvgIpc) is 3.33. The van der Waals surface area contributed by atoms with Crippen molar-refractivity contribution in [1.82, 2.24) is 0 Å².